The molecule has 0 aliphatic carbocycles. The van der Waals surface area contributed by atoms with Gasteiger partial charge in [-0.2, -0.15) is 0 Å². The number of hydrogen-bond donors (Lipinski definition) is 2. The topological polar surface area (TPSA) is 59.6 Å². The van der Waals surface area contributed by atoms with Crippen LogP contribution in [-0.2, 0) is 6.42 Å². The Bertz CT molecular complexity index is 363. The monoisotopic (exact) mass is 363 g/mol. The molecule has 4 nitrogen and oxygen atoms in total. The summed E-state index contributed by atoms with van der Waals surface area (Å²) in [5, 5.41) is 3.05. The second-order valence-corrected chi connectivity index (χ2v) is 4.16. The van der Waals surface area contributed by atoms with E-state index >= 15 is 0 Å². The molecule has 0 aliphatic heterocycles. The van der Waals surface area contributed by atoms with Gasteiger partial charge in [0.05, 0.1) is 7.11 Å². The average Bonchev–Trinajstić information content (AvgIpc) is 2.29. The van der Waals surface area contributed by atoms with Gasteiger partial charge in [-0.25, -0.2) is 0 Å². The van der Waals surface area contributed by atoms with Gasteiger partial charge in [-0.05, 0) is 38.0 Å². The Balaban J connectivity index is 0.00000289. The first kappa shape index (κ1) is 17.0. The molecular formula is C13H22IN3O. The summed E-state index contributed by atoms with van der Waals surface area (Å²) < 4.78 is 5.10. The Labute approximate surface area is 126 Å². The molecule has 1 aromatic rings. The van der Waals surface area contributed by atoms with Crippen molar-refractivity contribution in [2.75, 3.05) is 13.7 Å². The third-order valence-electron chi connectivity index (χ3n) is 2.28. The molecule has 0 radical (unpaired) electrons. The van der Waals surface area contributed by atoms with Crippen LogP contribution in [0.4, 0.5) is 0 Å². The minimum absolute atomic E-state index is 0. The molecule has 5 heteroatoms. The number of ether oxygens (including phenoxy) is 1. The van der Waals surface area contributed by atoms with Crippen LogP contribution in [0.3, 0.4) is 0 Å². The predicted octanol–water partition coefficient (Wildman–Crippen LogP) is 2.17. The van der Waals surface area contributed by atoms with E-state index in [-0.39, 0.29) is 24.0 Å². The van der Waals surface area contributed by atoms with Gasteiger partial charge in [0.1, 0.15) is 5.75 Å². The third kappa shape index (κ3) is 6.68. The first-order chi connectivity index (χ1) is 8.11. The quantitative estimate of drug-likeness (QED) is 0.479. The highest BCUT2D eigenvalue weighted by atomic mass is 127. The second kappa shape index (κ2) is 9.02. The van der Waals surface area contributed by atoms with E-state index in [0.717, 1.165) is 12.2 Å². The van der Waals surface area contributed by atoms with Crippen molar-refractivity contribution in [3.05, 3.63) is 29.8 Å². The number of hydrogen-bond acceptors (Lipinski definition) is 2. The number of nitrogens with two attached hydrogens (primary N) is 1. The molecule has 1 aromatic carbocycles. The fourth-order valence-corrected chi connectivity index (χ4v) is 1.44. The van der Waals surface area contributed by atoms with Gasteiger partial charge in [0.2, 0.25) is 0 Å². The van der Waals surface area contributed by atoms with Gasteiger partial charge in [0.15, 0.2) is 5.96 Å². The highest BCUT2D eigenvalue weighted by Crippen LogP contribution is 2.11. The van der Waals surface area contributed by atoms with Crippen LogP contribution in [0.2, 0.25) is 0 Å². The van der Waals surface area contributed by atoms with Crippen molar-refractivity contribution < 1.29 is 4.74 Å². The first-order valence-electron chi connectivity index (χ1n) is 5.81. The lowest BCUT2D eigenvalue weighted by atomic mass is 10.1. The zero-order valence-electron chi connectivity index (χ0n) is 11.1. The Morgan fingerprint density at radius 3 is 2.44 bits per heavy atom. The second-order valence-electron chi connectivity index (χ2n) is 4.16. The van der Waals surface area contributed by atoms with Crippen LogP contribution in [0.25, 0.3) is 0 Å². The number of aliphatic imine (C=N–C) groups is 1. The molecule has 102 valence electrons. The van der Waals surface area contributed by atoms with Crippen LogP contribution in [0.5, 0.6) is 5.75 Å². The summed E-state index contributed by atoms with van der Waals surface area (Å²) in [5.74, 6) is 1.38. The zero-order chi connectivity index (χ0) is 12.7. The lowest BCUT2D eigenvalue weighted by molar-refractivity contribution is 0.414. The van der Waals surface area contributed by atoms with Crippen LogP contribution < -0.4 is 15.8 Å². The maximum absolute atomic E-state index is 5.70. The smallest absolute Gasteiger partial charge is 0.188 e. The number of rotatable bonds is 5. The van der Waals surface area contributed by atoms with Crippen molar-refractivity contribution in [2.24, 2.45) is 10.7 Å². The maximum atomic E-state index is 5.70. The Hall–Kier alpha value is -0.980. The van der Waals surface area contributed by atoms with Crippen LogP contribution in [0, 0.1) is 0 Å². The third-order valence-corrected chi connectivity index (χ3v) is 2.28. The van der Waals surface area contributed by atoms with Gasteiger partial charge in [-0.1, -0.05) is 12.1 Å². The van der Waals surface area contributed by atoms with Gasteiger partial charge in [0.25, 0.3) is 0 Å². The molecule has 3 N–H and O–H groups in total. The molecular weight excluding hydrogens is 341 g/mol. The summed E-state index contributed by atoms with van der Waals surface area (Å²) in [6, 6.07) is 8.31. The highest BCUT2D eigenvalue weighted by molar-refractivity contribution is 14.0. The van der Waals surface area contributed by atoms with Crippen molar-refractivity contribution in [2.45, 2.75) is 26.3 Å². The van der Waals surface area contributed by atoms with E-state index < -0.39 is 0 Å². The van der Waals surface area contributed by atoms with E-state index in [4.69, 9.17) is 10.5 Å². The van der Waals surface area contributed by atoms with Crippen LogP contribution >= 0.6 is 24.0 Å². The number of nitrogens with one attached hydrogen (secondary N) is 1. The normalized spacial score (nSPS) is 11.0. The summed E-state index contributed by atoms with van der Waals surface area (Å²) in [5.41, 5.74) is 6.93. The van der Waals surface area contributed by atoms with Crippen molar-refractivity contribution in [1.29, 1.82) is 0 Å². The zero-order valence-corrected chi connectivity index (χ0v) is 13.5. The molecule has 0 heterocycles. The van der Waals surface area contributed by atoms with E-state index in [2.05, 4.69) is 10.3 Å². The number of nitrogens with zero attached hydrogens (tertiary/aromatic N) is 1. The van der Waals surface area contributed by atoms with Crippen LogP contribution in [0.1, 0.15) is 19.4 Å². The van der Waals surface area contributed by atoms with E-state index in [9.17, 15) is 0 Å². The van der Waals surface area contributed by atoms with Gasteiger partial charge in [-0.15, -0.1) is 24.0 Å². The molecule has 0 aliphatic rings. The maximum Gasteiger partial charge on any atom is 0.188 e. The summed E-state index contributed by atoms with van der Waals surface area (Å²) >= 11 is 0. The molecule has 0 unspecified atom stereocenters. The lowest BCUT2D eigenvalue weighted by Crippen LogP contribution is -2.36. The molecule has 0 spiro atoms. The Morgan fingerprint density at radius 2 is 1.94 bits per heavy atom. The molecule has 0 saturated heterocycles. The largest absolute Gasteiger partial charge is 0.497 e. The number of methoxy groups -OCH3 is 1. The van der Waals surface area contributed by atoms with E-state index in [1.54, 1.807) is 7.11 Å². The van der Waals surface area contributed by atoms with Crippen LogP contribution in [0.15, 0.2) is 29.3 Å². The summed E-state index contributed by atoms with van der Waals surface area (Å²) in [6.07, 6.45) is 0.879. The standard InChI is InChI=1S/C13H21N3O.HI/c1-10(2)16-13(14)15-9-8-11-4-6-12(17-3)7-5-11;/h4-7,10H,8-9H2,1-3H3,(H3,14,15,16);1H. The number of benzene rings is 1. The van der Waals surface area contributed by atoms with Crippen molar-refractivity contribution >= 4 is 29.9 Å². The van der Waals surface area contributed by atoms with E-state index in [1.807, 2.05) is 38.1 Å². The molecule has 0 fully saturated rings. The summed E-state index contributed by atoms with van der Waals surface area (Å²) in [4.78, 5) is 4.25. The fourth-order valence-electron chi connectivity index (χ4n) is 1.44. The van der Waals surface area contributed by atoms with E-state index in [1.165, 1.54) is 5.56 Å². The van der Waals surface area contributed by atoms with Gasteiger partial charge < -0.3 is 15.8 Å². The highest BCUT2D eigenvalue weighted by Gasteiger charge is 1.96. The minimum atomic E-state index is 0. The van der Waals surface area contributed by atoms with Crippen molar-refractivity contribution in [3.63, 3.8) is 0 Å². The van der Waals surface area contributed by atoms with Crippen molar-refractivity contribution in [1.82, 2.24) is 5.32 Å². The molecule has 1 rings (SSSR count). The Kier molecular flexibility index (Phi) is 8.53. The SMILES string of the molecule is COc1ccc(CCN=C(N)NC(C)C)cc1.I. The Morgan fingerprint density at radius 1 is 1.33 bits per heavy atom. The predicted molar refractivity (Wildman–Crippen MR) is 86.9 cm³/mol. The van der Waals surface area contributed by atoms with Gasteiger partial charge in [0, 0.05) is 12.6 Å². The molecule has 0 saturated carbocycles. The van der Waals surface area contributed by atoms with Crippen LogP contribution in [-0.4, -0.2) is 25.7 Å². The first-order valence-corrected chi connectivity index (χ1v) is 5.81. The summed E-state index contributed by atoms with van der Waals surface area (Å²) in [6.45, 7) is 4.76. The molecule has 18 heavy (non-hydrogen) atoms. The lowest BCUT2D eigenvalue weighted by Gasteiger charge is -2.08. The number of halogens is 1. The van der Waals surface area contributed by atoms with Gasteiger partial charge in [-0.3, -0.25) is 4.99 Å². The van der Waals surface area contributed by atoms with E-state index in [0.29, 0.717) is 18.5 Å². The summed E-state index contributed by atoms with van der Waals surface area (Å²) in [7, 11) is 1.66. The van der Waals surface area contributed by atoms with Gasteiger partial charge >= 0.3 is 0 Å². The fraction of sp³-hybridized carbons (Fsp3) is 0.462. The molecule has 0 amide bonds. The van der Waals surface area contributed by atoms with Crippen molar-refractivity contribution in [3.8, 4) is 5.75 Å². The molecule has 0 aromatic heterocycles. The minimum Gasteiger partial charge on any atom is -0.497 e. The average molecular weight is 363 g/mol. The number of guanidine groups is 1. The molecule has 0 atom stereocenters. The molecule has 0 bridgehead atoms.